The number of allylic oxidation sites excluding steroid dienone is 1. The van der Waals surface area contributed by atoms with Gasteiger partial charge in [-0.3, -0.25) is 9.59 Å². The van der Waals surface area contributed by atoms with Crippen LogP contribution in [0.2, 0.25) is 0 Å². The van der Waals surface area contributed by atoms with E-state index in [0.29, 0.717) is 17.7 Å². The van der Waals surface area contributed by atoms with Gasteiger partial charge in [-0.05, 0) is 56.1 Å². The zero-order chi connectivity index (χ0) is 28.6. The maximum atomic E-state index is 14.0. The molecule has 0 amide bonds. The molecule has 6 nitrogen and oxygen atoms in total. The molecule has 0 bridgehead atoms. The van der Waals surface area contributed by atoms with Gasteiger partial charge in [-0.25, -0.2) is 4.98 Å². The largest absolute Gasteiger partial charge is 0.457 e. The third kappa shape index (κ3) is 7.12. The van der Waals surface area contributed by atoms with Crippen LogP contribution in [0.15, 0.2) is 22.6 Å². The van der Waals surface area contributed by atoms with Gasteiger partial charge in [-0.1, -0.05) is 33.8 Å². The van der Waals surface area contributed by atoms with Crippen LogP contribution in [-0.4, -0.2) is 51.4 Å². The molecule has 1 aliphatic heterocycles. The summed E-state index contributed by atoms with van der Waals surface area (Å²) in [6.07, 6.45) is -5.66. The van der Waals surface area contributed by atoms with Gasteiger partial charge < -0.3 is 14.9 Å². The van der Waals surface area contributed by atoms with E-state index in [9.17, 15) is 33.0 Å². The Morgan fingerprint density at radius 2 is 1.87 bits per heavy atom. The van der Waals surface area contributed by atoms with Gasteiger partial charge >= 0.3 is 12.1 Å². The van der Waals surface area contributed by atoms with Gasteiger partial charge in [0.25, 0.3) is 0 Å². The minimum atomic E-state index is -4.55. The van der Waals surface area contributed by atoms with Crippen molar-refractivity contribution >= 4 is 29.2 Å². The van der Waals surface area contributed by atoms with E-state index >= 15 is 0 Å². The van der Waals surface area contributed by atoms with Gasteiger partial charge in [0.15, 0.2) is 0 Å². The average Bonchev–Trinajstić information content (AvgIpc) is 3.48. The molecule has 212 valence electrons. The van der Waals surface area contributed by atoms with Crippen LogP contribution < -0.4 is 0 Å². The third-order valence-electron chi connectivity index (χ3n) is 8.16. The van der Waals surface area contributed by atoms with Crippen LogP contribution in [0.1, 0.15) is 71.0 Å². The molecule has 0 aromatic carbocycles. The molecule has 0 spiro atoms. The van der Waals surface area contributed by atoms with E-state index in [1.807, 2.05) is 6.92 Å². The number of halogens is 3. The van der Waals surface area contributed by atoms with Crippen molar-refractivity contribution in [3.8, 4) is 0 Å². The first-order valence-electron chi connectivity index (χ1n) is 13.0. The van der Waals surface area contributed by atoms with Crippen LogP contribution in [0.25, 0.3) is 6.08 Å². The highest BCUT2D eigenvalue weighted by Crippen LogP contribution is 2.51. The second-order valence-electron chi connectivity index (χ2n) is 11.4. The molecule has 1 fully saturated rings. The van der Waals surface area contributed by atoms with Crippen LogP contribution >= 0.6 is 11.3 Å². The zero-order valence-electron chi connectivity index (χ0n) is 22.7. The standard InChI is InChI=1S/C28H38F3NO5S/c1-14(9-20-13-38-17(4)32-20)22-8-7-19(28(29,30)31)10-18-11-21(18)15(2)25(35)16(3)26(36)27(5,6)23(33)12-24(34)37-22/h7,9,13,15-16,18,21-23,25,33,35H,8,10-12H2,1-6H3/b14-9?,19-7+/t15-,16+,18?,21?,22+,23-,25-/m0/s1. The molecular weight excluding hydrogens is 519 g/mol. The molecule has 3 rings (SSSR count). The van der Waals surface area contributed by atoms with E-state index in [4.69, 9.17) is 4.74 Å². The summed E-state index contributed by atoms with van der Waals surface area (Å²) in [5.41, 5.74) is -0.909. The number of rotatable bonds is 2. The highest BCUT2D eigenvalue weighted by Gasteiger charge is 2.49. The quantitative estimate of drug-likeness (QED) is 0.360. The Hall–Kier alpha value is -2.04. The number of aliphatic hydroxyl groups excluding tert-OH is 2. The highest BCUT2D eigenvalue weighted by atomic mass is 32.1. The second-order valence-corrected chi connectivity index (χ2v) is 12.5. The summed E-state index contributed by atoms with van der Waals surface area (Å²) in [7, 11) is 0. The SMILES string of the molecule is CC(=Cc1csc(C)n1)[C@H]1C/C=C(/C(F)(F)F)CC2CC2[C@H](C)[C@H](O)[C@@H](C)C(=O)C(C)(C)[C@@H](O)CC(=O)O1. The molecular formula is C28H38F3NO5S. The maximum Gasteiger partial charge on any atom is 0.412 e. The lowest BCUT2D eigenvalue weighted by atomic mass is 9.72. The number of alkyl halides is 3. The first-order chi connectivity index (χ1) is 17.5. The Kier molecular flexibility index (Phi) is 9.31. The molecule has 10 heteroatoms. The van der Waals surface area contributed by atoms with Crippen molar-refractivity contribution in [2.24, 2.45) is 29.1 Å². The van der Waals surface area contributed by atoms with E-state index in [-0.39, 0.29) is 24.7 Å². The van der Waals surface area contributed by atoms with Crippen molar-refractivity contribution in [2.75, 3.05) is 0 Å². The molecule has 38 heavy (non-hydrogen) atoms. The van der Waals surface area contributed by atoms with Crippen molar-refractivity contribution in [2.45, 2.75) is 91.7 Å². The molecule has 2 unspecified atom stereocenters. The average molecular weight is 558 g/mol. The van der Waals surface area contributed by atoms with E-state index in [0.717, 1.165) is 11.1 Å². The number of aryl methyl sites for hydroxylation is 1. The molecule has 0 radical (unpaired) electrons. The molecule has 1 saturated carbocycles. The Balaban J connectivity index is 1.98. The Labute approximate surface area is 226 Å². The smallest absolute Gasteiger partial charge is 0.412 e. The first kappa shape index (κ1) is 30.5. The fourth-order valence-corrected chi connectivity index (χ4v) is 5.90. The van der Waals surface area contributed by atoms with Gasteiger partial charge in [-0.15, -0.1) is 11.3 Å². The van der Waals surface area contributed by atoms with Crippen LogP contribution in [0, 0.1) is 36.0 Å². The number of hydrogen-bond donors (Lipinski definition) is 2. The molecule has 2 N–H and O–H groups in total. The molecule has 1 aliphatic carbocycles. The Bertz CT molecular complexity index is 1090. The molecule has 2 aliphatic rings. The number of hydrogen-bond acceptors (Lipinski definition) is 7. The van der Waals surface area contributed by atoms with Crippen LogP contribution in [-0.2, 0) is 14.3 Å². The van der Waals surface area contributed by atoms with Gasteiger partial charge in [0.05, 0.1) is 34.7 Å². The maximum absolute atomic E-state index is 14.0. The summed E-state index contributed by atoms with van der Waals surface area (Å²) in [5.74, 6) is -2.91. The number of cyclic esters (lactones) is 1. The van der Waals surface area contributed by atoms with Crippen molar-refractivity contribution in [1.82, 2.24) is 4.98 Å². The lowest BCUT2D eigenvalue weighted by molar-refractivity contribution is -0.154. The number of nitrogens with zero attached hydrogens (tertiary/aromatic N) is 1. The van der Waals surface area contributed by atoms with Crippen molar-refractivity contribution in [3.05, 3.63) is 33.3 Å². The summed E-state index contributed by atoms with van der Waals surface area (Å²) >= 11 is 1.42. The summed E-state index contributed by atoms with van der Waals surface area (Å²) < 4.78 is 47.5. The van der Waals surface area contributed by atoms with Crippen LogP contribution in [0.4, 0.5) is 13.2 Å². The number of ketones is 1. The number of carbonyl (C=O) groups excluding carboxylic acids is 2. The van der Waals surface area contributed by atoms with Crippen LogP contribution in [0.3, 0.4) is 0 Å². The Morgan fingerprint density at radius 3 is 2.45 bits per heavy atom. The van der Waals surface area contributed by atoms with E-state index in [1.165, 1.54) is 25.2 Å². The number of fused-ring (bicyclic) bond motifs is 1. The number of esters is 1. The number of ether oxygens (including phenoxy) is 1. The summed E-state index contributed by atoms with van der Waals surface area (Å²) in [5, 5.41) is 24.4. The van der Waals surface area contributed by atoms with Gasteiger partial charge in [0, 0.05) is 23.3 Å². The molecule has 0 saturated heterocycles. The fraction of sp³-hybridized carbons (Fsp3) is 0.679. The Morgan fingerprint density at radius 1 is 1.21 bits per heavy atom. The van der Waals surface area contributed by atoms with E-state index in [2.05, 4.69) is 4.98 Å². The van der Waals surface area contributed by atoms with Crippen molar-refractivity contribution in [1.29, 1.82) is 0 Å². The van der Waals surface area contributed by atoms with Gasteiger partial charge in [-0.2, -0.15) is 13.2 Å². The summed E-state index contributed by atoms with van der Waals surface area (Å²) in [4.78, 5) is 30.5. The number of Topliss-reactive ketones (excluding diaryl/α,β-unsaturated/α-hetero) is 1. The predicted octanol–water partition coefficient (Wildman–Crippen LogP) is 5.66. The fourth-order valence-electron chi connectivity index (χ4n) is 5.33. The molecule has 1 aromatic rings. The lowest BCUT2D eigenvalue weighted by Gasteiger charge is -2.34. The van der Waals surface area contributed by atoms with Gasteiger partial charge in [0.1, 0.15) is 11.9 Å². The number of carbonyl (C=O) groups is 2. The molecule has 7 atom stereocenters. The summed E-state index contributed by atoms with van der Waals surface area (Å²) in [6.45, 7) is 9.86. The number of aliphatic hydroxyl groups is 2. The topological polar surface area (TPSA) is 96.7 Å². The molecule has 1 aromatic heterocycles. The highest BCUT2D eigenvalue weighted by molar-refractivity contribution is 7.09. The third-order valence-corrected chi connectivity index (χ3v) is 8.96. The van der Waals surface area contributed by atoms with Crippen molar-refractivity contribution < 1.29 is 37.7 Å². The number of thiazole rings is 1. The monoisotopic (exact) mass is 557 g/mol. The van der Waals surface area contributed by atoms with E-state index < -0.39 is 65.5 Å². The van der Waals surface area contributed by atoms with Crippen LogP contribution in [0.5, 0.6) is 0 Å². The lowest BCUT2D eigenvalue weighted by Crippen LogP contribution is -2.46. The minimum absolute atomic E-state index is 0.143. The van der Waals surface area contributed by atoms with E-state index in [1.54, 1.807) is 32.2 Å². The zero-order valence-corrected chi connectivity index (χ0v) is 23.5. The normalized spacial score (nSPS) is 35.2. The predicted molar refractivity (Wildman–Crippen MR) is 139 cm³/mol. The first-order valence-corrected chi connectivity index (χ1v) is 13.9. The number of aromatic nitrogens is 1. The minimum Gasteiger partial charge on any atom is -0.457 e. The van der Waals surface area contributed by atoms with Gasteiger partial charge in [0.2, 0.25) is 0 Å². The van der Waals surface area contributed by atoms with Crippen molar-refractivity contribution in [3.63, 3.8) is 0 Å². The second kappa shape index (κ2) is 11.6. The molecule has 2 heterocycles. The summed E-state index contributed by atoms with van der Waals surface area (Å²) in [6, 6.07) is 0.